The third-order valence-corrected chi connectivity index (χ3v) is 8.10. The molecule has 0 radical (unpaired) electrons. The molecule has 0 aliphatic carbocycles. The molecule has 2 aromatic carbocycles. The van der Waals surface area contributed by atoms with Crippen molar-refractivity contribution in [3.05, 3.63) is 75.3 Å². The number of halogens is 2. The molecule has 0 saturated heterocycles. The third-order valence-electron chi connectivity index (χ3n) is 5.09. The predicted molar refractivity (Wildman–Crippen MR) is 129 cm³/mol. The zero-order chi connectivity index (χ0) is 24.3. The van der Waals surface area contributed by atoms with E-state index in [4.69, 9.17) is 4.74 Å². The Kier molecular flexibility index (Phi) is 7.58. The van der Waals surface area contributed by atoms with Gasteiger partial charge in [-0.1, -0.05) is 19.1 Å². The predicted octanol–water partition coefficient (Wildman–Crippen LogP) is 4.85. The van der Waals surface area contributed by atoms with E-state index >= 15 is 0 Å². The van der Waals surface area contributed by atoms with Crippen LogP contribution in [0.25, 0.3) is 0 Å². The van der Waals surface area contributed by atoms with Crippen molar-refractivity contribution in [3.8, 4) is 5.75 Å². The summed E-state index contributed by atoms with van der Waals surface area (Å²) in [6, 6.07) is 10.3. The maximum absolute atomic E-state index is 14.4. The maximum Gasteiger partial charge on any atom is 0.272 e. The number of nitrogens with zero attached hydrogens (tertiary/aromatic N) is 3. The second-order valence-electron chi connectivity index (χ2n) is 7.55. The van der Waals surface area contributed by atoms with Gasteiger partial charge in [-0.15, -0.1) is 0 Å². The van der Waals surface area contributed by atoms with Crippen LogP contribution in [0.3, 0.4) is 0 Å². The number of carbonyl (C=O) groups is 1. The lowest BCUT2D eigenvalue weighted by Gasteiger charge is -2.23. The lowest BCUT2D eigenvalue weighted by atomic mass is 10.1. The lowest BCUT2D eigenvalue weighted by molar-refractivity contribution is 0.100. The molecule has 0 atom stereocenters. The summed E-state index contributed by atoms with van der Waals surface area (Å²) in [5, 5.41) is 4.48. The topological polar surface area (TPSA) is 81.5 Å². The fraction of sp³-hybridized carbons (Fsp3) is 0.304. The van der Waals surface area contributed by atoms with Gasteiger partial charge in [-0.3, -0.25) is 9.48 Å². The molecule has 0 aliphatic heterocycles. The number of hydrogen-bond acceptors (Lipinski definition) is 5. The smallest absolute Gasteiger partial charge is 0.272 e. The highest BCUT2D eigenvalue weighted by atomic mass is 79.9. The van der Waals surface area contributed by atoms with Gasteiger partial charge in [0.15, 0.2) is 11.6 Å². The molecule has 176 valence electrons. The van der Waals surface area contributed by atoms with Crippen molar-refractivity contribution in [2.45, 2.75) is 33.7 Å². The quantitative estimate of drug-likeness (QED) is 0.410. The number of anilines is 1. The highest BCUT2D eigenvalue weighted by Crippen LogP contribution is 2.28. The minimum Gasteiger partial charge on any atom is -0.494 e. The molecule has 0 N–H and O–H groups in total. The number of aryl methyl sites for hydroxylation is 1. The van der Waals surface area contributed by atoms with Crippen LogP contribution in [-0.4, -0.2) is 37.0 Å². The number of hydrogen-bond donors (Lipinski definition) is 0. The van der Waals surface area contributed by atoms with Crippen molar-refractivity contribution in [3.63, 3.8) is 0 Å². The van der Waals surface area contributed by atoms with Crippen LogP contribution in [0.4, 0.5) is 10.1 Å². The van der Waals surface area contributed by atoms with Crippen LogP contribution >= 0.6 is 15.9 Å². The van der Waals surface area contributed by atoms with Gasteiger partial charge < -0.3 is 4.74 Å². The van der Waals surface area contributed by atoms with E-state index in [0.29, 0.717) is 17.3 Å². The van der Waals surface area contributed by atoms with Gasteiger partial charge in [0.2, 0.25) is 10.0 Å². The fourth-order valence-corrected chi connectivity index (χ4v) is 5.23. The van der Waals surface area contributed by atoms with Gasteiger partial charge in [0.1, 0.15) is 0 Å². The molecule has 7 nitrogen and oxygen atoms in total. The van der Waals surface area contributed by atoms with Crippen LogP contribution in [0.2, 0.25) is 0 Å². The number of amides is 1. The van der Waals surface area contributed by atoms with Crippen LogP contribution in [-0.2, 0) is 16.6 Å². The molecular formula is C23H25BrFN3O4S. The molecule has 3 aromatic rings. The molecule has 33 heavy (non-hydrogen) atoms. The van der Waals surface area contributed by atoms with Crippen molar-refractivity contribution in [1.29, 1.82) is 0 Å². The van der Waals surface area contributed by atoms with E-state index < -0.39 is 21.7 Å². The highest BCUT2D eigenvalue weighted by Gasteiger charge is 2.30. The Morgan fingerprint density at radius 1 is 1.21 bits per heavy atom. The minimum absolute atomic E-state index is 0.0444. The average Bonchev–Trinajstić information content (AvgIpc) is 3.00. The van der Waals surface area contributed by atoms with E-state index in [9.17, 15) is 17.6 Å². The second-order valence-corrected chi connectivity index (χ2v) is 10.3. The van der Waals surface area contributed by atoms with Crippen molar-refractivity contribution < 1.29 is 22.3 Å². The SMILES string of the molecule is CCCS(=O)(=O)N(C(=O)c1cccc(Cn2nc(C)c(Br)c2C)c1)c1ccc(OC)c(F)c1. The van der Waals surface area contributed by atoms with Crippen molar-refractivity contribution in [2.75, 3.05) is 17.2 Å². The van der Waals surface area contributed by atoms with E-state index in [0.717, 1.165) is 27.5 Å². The monoisotopic (exact) mass is 537 g/mol. The molecule has 1 amide bonds. The number of ether oxygens (including phenoxy) is 1. The summed E-state index contributed by atoms with van der Waals surface area (Å²) in [6.07, 6.45) is 0.303. The van der Waals surface area contributed by atoms with E-state index in [-0.39, 0.29) is 22.8 Å². The van der Waals surface area contributed by atoms with Gasteiger partial charge in [-0.05, 0) is 66.0 Å². The Balaban J connectivity index is 2.02. The summed E-state index contributed by atoms with van der Waals surface area (Å²) >= 11 is 3.50. The van der Waals surface area contributed by atoms with E-state index in [1.54, 1.807) is 23.7 Å². The zero-order valence-corrected chi connectivity index (χ0v) is 21.2. The van der Waals surface area contributed by atoms with Crippen LogP contribution in [0.1, 0.15) is 40.7 Å². The normalized spacial score (nSPS) is 11.5. The summed E-state index contributed by atoms with van der Waals surface area (Å²) in [6.45, 7) is 5.91. The van der Waals surface area contributed by atoms with Crippen LogP contribution in [0.15, 0.2) is 46.9 Å². The lowest BCUT2D eigenvalue weighted by Crippen LogP contribution is -2.38. The van der Waals surface area contributed by atoms with Crippen LogP contribution in [0.5, 0.6) is 5.75 Å². The zero-order valence-electron chi connectivity index (χ0n) is 18.8. The summed E-state index contributed by atoms with van der Waals surface area (Å²) in [7, 11) is -2.73. The molecule has 0 unspecified atom stereocenters. The van der Waals surface area contributed by atoms with Gasteiger partial charge in [0.25, 0.3) is 5.91 Å². The Hall–Kier alpha value is -2.72. The summed E-state index contributed by atoms with van der Waals surface area (Å²) in [5.41, 5.74) is 2.64. The molecule has 0 spiro atoms. The molecule has 0 fully saturated rings. The highest BCUT2D eigenvalue weighted by molar-refractivity contribution is 9.10. The van der Waals surface area contributed by atoms with Gasteiger partial charge in [0.05, 0.1) is 41.0 Å². The molecule has 1 heterocycles. The Morgan fingerprint density at radius 3 is 2.52 bits per heavy atom. The summed E-state index contributed by atoms with van der Waals surface area (Å²) < 4.78 is 48.7. The summed E-state index contributed by atoms with van der Waals surface area (Å²) in [5.74, 6) is -1.82. The number of sulfonamides is 1. The van der Waals surface area contributed by atoms with E-state index in [2.05, 4.69) is 21.0 Å². The van der Waals surface area contributed by atoms with Crippen LogP contribution < -0.4 is 9.04 Å². The van der Waals surface area contributed by atoms with Gasteiger partial charge in [-0.25, -0.2) is 17.1 Å². The van der Waals surface area contributed by atoms with E-state index in [1.165, 1.54) is 25.3 Å². The molecular weight excluding hydrogens is 513 g/mol. The van der Waals surface area contributed by atoms with Gasteiger partial charge in [-0.2, -0.15) is 5.10 Å². The van der Waals surface area contributed by atoms with Crippen molar-refractivity contribution >= 4 is 37.5 Å². The molecule has 0 bridgehead atoms. The first kappa shape index (κ1) is 24.9. The van der Waals surface area contributed by atoms with Gasteiger partial charge >= 0.3 is 0 Å². The Bertz CT molecular complexity index is 1290. The first-order chi connectivity index (χ1) is 15.6. The van der Waals surface area contributed by atoms with E-state index in [1.807, 2.05) is 19.9 Å². The Morgan fingerprint density at radius 2 is 1.94 bits per heavy atom. The third kappa shape index (κ3) is 5.27. The average molecular weight is 538 g/mol. The summed E-state index contributed by atoms with van der Waals surface area (Å²) in [4.78, 5) is 13.4. The number of rotatable bonds is 8. The van der Waals surface area contributed by atoms with Gasteiger partial charge in [0, 0.05) is 11.6 Å². The standard InChI is InChI=1S/C23H25BrFN3O4S/c1-5-11-33(30,31)28(19-9-10-21(32-4)20(25)13-19)23(29)18-8-6-7-17(12-18)14-27-16(3)22(24)15(2)26-27/h6-10,12-13H,5,11,14H2,1-4H3. The number of carbonyl (C=O) groups excluding carboxylic acids is 1. The Labute approximate surface area is 201 Å². The number of aromatic nitrogens is 2. The fourth-order valence-electron chi connectivity index (χ4n) is 3.46. The number of benzene rings is 2. The minimum atomic E-state index is -4.04. The van der Waals surface area contributed by atoms with Crippen LogP contribution in [0, 0.1) is 19.7 Å². The van der Waals surface area contributed by atoms with Crippen molar-refractivity contribution in [2.24, 2.45) is 0 Å². The molecule has 1 aromatic heterocycles. The second kappa shape index (κ2) is 10.0. The largest absolute Gasteiger partial charge is 0.494 e. The number of methoxy groups -OCH3 is 1. The first-order valence-electron chi connectivity index (χ1n) is 10.3. The molecule has 10 heteroatoms. The molecule has 0 aliphatic rings. The molecule has 3 rings (SSSR count). The molecule has 0 saturated carbocycles. The first-order valence-corrected chi connectivity index (χ1v) is 12.7. The maximum atomic E-state index is 14.4. The van der Waals surface area contributed by atoms with Crippen molar-refractivity contribution in [1.82, 2.24) is 9.78 Å².